The topological polar surface area (TPSA) is 65.7 Å². The first-order valence-corrected chi connectivity index (χ1v) is 8.55. The molecule has 132 valence electrons. The van der Waals surface area contributed by atoms with Gasteiger partial charge in [0.15, 0.2) is 0 Å². The van der Waals surface area contributed by atoms with E-state index in [1.165, 1.54) is 9.80 Å². The van der Waals surface area contributed by atoms with Crippen molar-refractivity contribution in [1.29, 1.82) is 0 Å². The van der Waals surface area contributed by atoms with Crippen molar-refractivity contribution in [1.82, 2.24) is 9.80 Å². The van der Waals surface area contributed by atoms with Crippen LogP contribution in [0.4, 0.5) is 0 Å². The lowest BCUT2D eigenvalue weighted by Crippen LogP contribution is -2.67. The van der Waals surface area contributed by atoms with Crippen molar-refractivity contribution >= 4 is 11.8 Å². The van der Waals surface area contributed by atoms with Crippen LogP contribution in [0.3, 0.4) is 0 Å². The molecule has 2 amide bonds. The summed E-state index contributed by atoms with van der Waals surface area (Å²) >= 11 is 0. The molecule has 3 aliphatic heterocycles. The predicted octanol–water partition coefficient (Wildman–Crippen LogP) is 1.85. The standard InChI is InChI=1S/C20H18N2O4/c1-21-17(23)20(16(26-20)14-11-7-4-8-12-14)22(2)18(24)19(21)15(25-19)13-9-5-3-6-10-13/h3-12,15-16H,1-2H3/t15-,16+,19-,20-/m1/s1. The zero-order valence-corrected chi connectivity index (χ0v) is 14.5. The van der Waals surface area contributed by atoms with Gasteiger partial charge in [0, 0.05) is 14.1 Å². The molecule has 3 saturated heterocycles. The van der Waals surface area contributed by atoms with Crippen LogP contribution < -0.4 is 0 Å². The van der Waals surface area contributed by atoms with Gasteiger partial charge in [-0.1, -0.05) is 60.7 Å². The molecule has 0 bridgehead atoms. The van der Waals surface area contributed by atoms with E-state index in [2.05, 4.69) is 0 Å². The number of hydrogen-bond donors (Lipinski definition) is 0. The van der Waals surface area contributed by atoms with Crippen LogP contribution >= 0.6 is 0 Å². The van der Waals surface area contributed by atoms with Crippen molar-refractivity contribution in [2.45, 2.75) is 23.7 Å². The first-order chi connectivity index (χ1) is 12.5. The van der Waals surface area contributed by atoms with E-state index in [1.54, 1.807) is 14.1 Å². The molecule has 5 rings (SSSR count). The van der Waals surface area contributed by atoms with E-state index >= 15 is 0 Å². The first-order valence-electron chi connectivity index (χ1n) is 8.55. The molecular weight excluding hydrogens is 332 g/mol. The number of benzene rings is 2. The van der Waals surface area contributed by atoms with Crippen molar-refractivity contribution in [3.05, 3.63) is 71.8 Å². The third-order valence-electron chi connectivity index (χ3n) is 5.61. The van der Waals surface area contributed by atoms with Gasteiger partial charge in [-0.2, -0.15) is 0 Å². The van der Waals surface area contributed by atoms with Gasteiger partial charge < -0.3 is 19.3 Å². The van der Waals surface area contributed by atoms with Crippen molar-refractivity contribution in [2.75, 3.05) is 14.1 Å². The Bertz CT molecular complexity index is 827. The summed E-state index contributed by atoms with van der Waals surface area (Å²) in [5.41, 5.74) is -0.792. The van der Waals surface area contributed by atoms with Crippen LogP contribution in [-0.2, 0) is 19.1 Å². The SMILES string of the molecule is CN1C(=O)[C@@]2(O[C@H]2c2ccccc2)N(C)C(=O)[C@@]12O[C@@H]2c1ccccc1. The van der Waals surface area contributed by atoms with E-state index in [1.807, 2.05) is 60.7 Å². The minimum Gasteiger partial charge on any atom is -0.331 e. The lowest BCUT2D eigenvalue weighted by Gasteiger charge is -2.39. The third-order valence-corrected chi connectivity index (χ3v) is 5.61. The first kappa shape index (κ1) is 15.5. The Kier molecular flexibility index (Phi) is 2.95. The summed E-state index contributed by atoms with van der Waals surface area (Å²) in [5.74, 6) is -0.515. The Morgan fingerprint density at radius 2 is 1.04 bits per heavy atom. The Labute approximate surface area is 150 Å². The van der Waals surface area contributed by atoms with Crippen molar-refractivity contribution in [3.63, 3.8) is 0 Å². The molecule has 6 heteroatoms. The summed E-state index contributed by atoms with van der Waals surface area (Å²) in [6.45, 7) is 0. The molecule has 0 aliphatic carbocycles. The molecular formula is C20H18N2O4. The van der Waals surface area contributed by atoms with Crippen LogP contribution in [0.15, 0.2) is 60.7 Å². The van der Waals surface area contributed by atoms with Gasteiger partial charge in [0.05, 0.1) is 0 Å². The molecule has 26 heavy (non-hydrogen) atoms. The van der Waals surface area contributed by atoms with Crippen LogP contribution in [-0.4, -0.2) is 47.2 Å². The largest absolute Gasteiger partial charge is 0.331 e. The van der Waals surface area contributed by atoms with Crippen LogP contribution in [0.5, 0.6) is 0 Å². The molecule has 3 fully saturated rings. The van der Waals surface area contributed by atoms with E-state index in [9.17, 15) is 9.59 Å². The molecule has 2 aromatic carbocycles. The van der Waals surface area contributed by atoms with Crippen molar-refractivity contribution in [2.24, 2.45) is 0 Å². The molecule has 2 spiro atoms. The minimum absolute atomic E-state index is 0.258. The zero-order valence-electron chi connectivity index (χ0n) is 14.5. The van der Waals surface area contributed by atoms with Gasteiger partial charge in [-0.3, -0.25) is 9.59 Å². The normalized spacial score (nSPS) is 35.3. The average Bonchev–Trinajstić information content (AvgIpc) is 3.59. The number of rotatable bonds is 2. The number of carbonyl (C=O) groups is 2. The smallest absolute Gasteiger partial charge is 0.281 e. The van der Waals surface area contributed by atoms with Crippen LogP contribution in [0.2, 0.25) is 0 Å². The number of likely N-dealkylation sites (N-methyl/N-ethyl adjacent to an activating group) is 2. The number of epoxide rings is 2. The van der Waals surface area contributed by atoms with Gasteiger partial charge in [-0.25, -0.2) is 0 Å². The second-order valence-electron chi connectivity index (χ2n) is 6.94. The molecule has 3 heterocycles. The lowest BCUT2D eigenvalue weighted by atomic mass is 9.95. The highest BCUT2D eigenvalue weighted by Gasteiger charge is 2.81. The number of hydrogen-bond acceptors (Lipinski definition) is 4. The quantitative estimate of drug-likeness (QED) is 0.776. The maximum atomic E-state index is 13.2. The summed E-state index contributed by atoms with van der Waals surface area (Å²) in [6.07, 6.45) is -0.919. The Hall–Kier alpha value is -2.70. The maximum Gasteiger partial charge on any atom is 0.281 e. The number of amides is 2. The summed E-state index contributed by atoms with van der Waals surface area (Å²) < 4.78 is 11.6. The predicted molar refractivity (Wildman–Crippen MR) is 91.5 cm³/mol. The molecule has 6 nitrogen and oxygen atoms in total. The molecule has 0 unspecified atom stereocenters. The second kappa shape index (κ2) is 4.93. The van der Waals surface area contributed by atoms with Crippen LogP contribution in [0.25, 0.3) is 0 Å². The molecule has 4 atom stereocenters. The van der Waals surface area contributed by atoms with Crippen LogP contribution in [0.1, 0.15) is 23.3 Å². The summed E-state index contributed by atoms with van der Waals surface area (Å²) in [6, 6.07) is 19.0. The Balaban J connectivity index is 1.49. The summed E-state index contributed by atoms with van der Waals surface area (Å²) in [5, 5.41) is 0. The van der Waals surface area contributed by atoms with Gasteiger partial charge in [0.2, 0.25) is 0 Å². The molecule has 3 aliphatic rings. The number of nitrogens with zero attached hydrogens (tertiary/aromatic N) is 2. The summed E-state index contributed by atoms with van der Waals surface area (Å²) in [7, 11) is 3.23. The highest BCUT2D eigenvalue weighted by molar-refractivity contribution is 6.04. The summed E-state index contributed by atoms with van der Waals surface area (Å²) in [4.78, 5) is 29.2. The molecule has 0 aromatic heterocycles. The number of ether oxygens (including phenoxy) is 2. The highest BCUT2D eigenvalue weighted by Crippen LogP contribution is 2.62. The van der Waals surface area contributed by atoms with Crippen molar-refractivity contribution in [3.8, 4) is 0 Å². The van der Waals surface area contributed by atoms with E-state index < -0.39 is 23.7 Å². The van der Waals surface area contributed by atoms with E-state index in [-0.39, 0.29) is 11.8 Å². The van der Waals surface area contributed by atoms with Gasteiger partial charge in [0.1, 0.15) is 12.2 Å². The van der Waals surface area contributed by atoms with E-state index in [0.717, 1.165) is 11.1 Å². The fourth-order valence-electron chi connectivity index (χ4n) is 4.04. The molecule has 0 N–H and O–H groups in total. The van der Waals surface area contributed by atoms with Crippen LogP contribution in [0, 0.1) is 0 Å². The Morgan fingerprint density at radius 3 is 1.38 bits per heavy atom. The van der Waals surface area contributed by atoms with Gasteiger partial charge in [0.25, 0.3) is 23.3 Å². The Morgan fingerprint density at radius 1 is 0.692 bits per heavy atom. The fraction of sp³-hybridized carbons (Fsp3) is 0.300. The van der Waals surface area contributed by atoms with Gasteiger partial charge in [-0.05, 0) is 11.1 Å². The highest BCUT2D eigenvalue weighted by atomic mass is 16.7. The molecule has 0 radical (unpaired) electrons. The maximum absolute atomic E-state index is 13.2. The zero-order chi connectivity index (χ0) is 18.1. The van der Waals surface area contributed by atoms with E-state index in [0.29, 0.717) is 0 Å². The van der Waals surface area contributed by atoms with Gasteiger partial charge >= 0.3 is 0 Å². The second-order valence-corrected chi connectivity index (χ2v) is 6.94. The van der Waals surface area contributed by atoms with Gasteiger partial charge in [-0.15, -0.1) is 0 Å². The molecule has 2 aromatic rings. The van der Waals surface area contributed by atoms with Crippen molar-refractivity contribution < 1.29 is 19.1 Å². The fourth-order valence-corrected chi connectivity index (χ4v) is 4.04. The lowest BCUT2D eigenvalue weighted by molar-refractivity contribution is -0.175. The third kappa shape index (κ3) is 1.73. The average molecular weight is 350 g/mol. The molecule has 0 saturated carbocycles. The number of carbonyl (C=O) groups excluding carboxylic acids is 2. The van der Waals surface area contributed by atoms with E-state index in [4.69, 9.17) is 9.47 Å². The number of piperazine rings is 1. The monoisotopic (exact) mass is 350 g/mol. The minimum atomic E-state index is -1.27.